The summed E-state index contributed by atoms with van der Waals surface area (Å²) >= 11 is 0. The van der Waals surface area contributed by atoms with Crippen molar-refractivity contribution in [3.8, 4) is 0 Å². The van der Waals surface area contributed by atoms with Gasteiger partial charge in [-0.05, 0) is 35.9 Å². The molecular formula is C20H15F3N4. The number of nitrogens with one attached hydrogen (secondary N) is 1. The third-order valence-corrected chi connectivity index (χ3v) is 4.19. The van der Waals surface area contributed by atoms with E-state index in [4.69, 9.17) is 0 Å². The minimum absolute atomic E-state index is 0.335. The molecule has 0 atom stereocenters. The third-order valence-electron chi connectivity index (χ3n) is 4.19. The van der Waals surface area contributed by atoms with E-state index in [0.717, 1.165) is 28.6 Å². The van der Waals surface area contributed by atoms with Gasteiger partial charge in [0.15, 0.2) is 0 Å². The van der Waals surface area contributed by atoms with Gasteiger partial charge in [-0.25, -0.2) is 4.98 Å². The molecule has 0 unspecified atom stereocenters. The Bertz CT molecular complexity index is 1070. The van der Waals surface area contributed by atoms with Gasteiger partial charge in [0.05, 0.1) is 11.1 Å². The molecule has 4 aromatic rings. The first-order chi connectivity index (χ1) is 13.0. The average Bonchev–Trinajstić information content (AvgIpc) is 3.04. The Morgan fingerprint density at radius 2 is 1.89 bits per heavy atom. The lowest BCUT2D eigenvalue weighted by atomic mass is 10.2. The van der Waals surface area contributed by atoms with Crippen LogP contribution in [0.2, 0.25) is 0 Å². The molecule has 0 radical (unpaired) electrons. The fraction of sp³-hybridized carbons (Fsp3) is 0.100. The minimum atomic E-state index is -4.38. The van der Waals surface area contributed by atoms with E-state index in [9.17, 15) is 13.2 Å². The van der Waals surface area contributed by atoms with Gasteiger partial charge in [0.2, 0.25) is 0 Å². The predicted molar refractivity (Wildman–Crippen MR) is 97.8 cm³/mol. The fourth-order valence-corrected chi connectivity index (χ4v) is 2.90. The zero-order valence-electron chi connectivity index (χ0n) is 14.1. The second kappa shape index (κ2) is 6.75. The molecule has 0 saturated carbocycles. The van der Waals surface area contributed by atoms with Crippen LogP contribution in [0.15, 0.2) is 73.3 Å². The van der Waals surface area contributed by atoms with Gasteiger partial charge in [-0.2, -0.15) is 13.2 Å². The normalized spacial score (nSPS) is 11.7. The molecule has 0 bridgehead atoms. The molecule has 1 aromatic carbocycles. The van der Waals surface area contributed by atoms with Crippen molar-refractivity contribution in [1.29, 1.82) is 0 Å². The molecule has 7 heteroatoms. The zero-order chi connectivity index (χ0) is 18.9. The number of hydrogen-bond donors (Lipinski definition) is 1. The first kappa shape index (κ1) is 17.1. The first-order valence-electron chi connectivity index (χ1n) is 8.27. The molecule has 27 heavy (non-hydrogen) atoms. The molecule has 0 amide bonds. The molecule has 0 aliphatic carbocycles. The summed E-state index contributed by atoms with van der Waals surface area (Å²) in [5.41, 5.74) is 1.62. The topological polar surface area (TPSA) is 42.7 Å². The molecule has 0 aliphatic heterocycles. The Morgan fingerprint density at radius 1 is 1.00 bits per heavy atom. The van der Waals surface area contributed by atoms with E-state index in [1.54, 1.807) is 24.7 Å². The number of nitrogens with zero attached hydrogens (tertiary/aromatic N) is 3. The lowest BCUT2D eigenvalue weighted by Crippen LogP contribution is -2.05. The van der Waals surface area contributed by atoms with Crippen molar-refractivity contribution in [2.24, 2.45) is 0 Å². The number of benzene rings is 1. The predicted octanol–water partition coefficient (Wildman–Crippen LogP) is 5.24. The van der Waals surface area contributed by atoms with E-state index in [1.807, 2.05) is 35.0 Å². The number of pyridine rings is 2. The maximum Gasteiger partial charge on any atom is 0.416 e. The Hall–Kier alpha value is -3.35. The smallest absolute Gasteiger partial charge is 0.343 e. The maximum atomic E-state index is 12.9. The average molecular weight is 368 g/mol. The summed E-state index contributed by atoms with van der Waals surface area (Å²) in [6.07, 6.45) is 2.79. The standard InChI is InChI=1S/C20H15F3N4/c21-20(22,23)16-4-1-5-17(9-16)26-19-10-18-15(12-25-19)6-8-27(18)13-14-3-2-7-24-11-14/h1-12H,13H2,(H,25,26). The van der Waals surface area contributed by atoms with Gasteiger partial charge in [0.25, 0.3) is 0 Å². The van der Waals surface area contributed by atoms with Crippen LogP contribution in [0, 0.1) is 0 Å². The molecule has 3 heterocycles. The van der Waals surface area contributed by atoms with Crippen LogP contribution in [0.4, 0.5) is 24.7 Å². The van der Waals surface area contributed by atoms with Gasteiger partial charge in [0, 0.05) is 48.5 Å². The summed E-state index contributed by atoms with van der Waals surface area (Å²) in [5, 5.41) is 3.90. The lowest BCUT2D eigenvalue weighted by Gasteiger charge is -2.11. The summed E-state index contributed by atoms with van der Waals surface area (Å²) in [6, 6.07) is 12.7. The maximum absolute atomic E-state index is 12.9. The summed E-state index contributed by atoms with van der Waals surface area (Å²) < 4.78 is 40.7. The molecule has 0 spiro atoms. The van der Waals surface area contributed by atoms with Crippen LogP contribution in [-0.4, -0.2) is 14.5 Å². The van der Waals surface area contributed by atoms with Crippen LogP contribution in [0.3, 0.4) is 0 Å². The minimum Gasteiger partial charge on any atom is -0.343 e. The summed E-state index contributed by atoms with van der Waals surface area (Å²) in [4.78, 5) is 8.41. The highest BCUT2D eigenvalue weighted by atomic mass is 19.4. The number of halogens is 3. The molecule has 0 aliphatic rings. The van der Waals surface area contributed by atoms with Crippen LogP contribution in [0.25, 0.3) is 10.9 Å². The molecule has 136 valence electrons. The van der Waals surface area contributed by atoms with Crippen LogP contribution in [-0.2, 0) is 12.7 Å². The number of rotatable bonds is 4. The van der Waals surface area contributed by atoms with Gasteiger partial charge >= 0.3 is 6.18 Å². The van der Waals surface area contributed by atoms with Gasteiger partial charge in [-0.3, -0.25) is 4.98 Å². The summed E-state index contributed by atoms with van der Waals surface area (Å²) in [6.45, 7) is 0.643. The van der Waals surface area contributed by atoms with Gasteiger partial charge < -0.3 is 9.88 Å². The second-order valence-corrected chi connectivity index (χ2v) is 6.14. The van der Waals surface area contributed by atoms with E-state index >= 15 is 0 Å². The number of fused-ring (bicyclic) bond motifs is 1. The van der Waals surface area contributed by atoms with E-state index in [0.29, 0.717) is 18.1 Å². The summed E-state index contributed by atoms with van der Waals surface area (Å²) in [7, 11) is 0. The van der Waals surface area contributed by atoms with Crippen molar-refractivity contribution >= 4 is 22.4 Å². The number of hydrogen-bond acceptors (Lipinski definition) is 3. The first-order valence-corrected chi connectivity index (χ1v) is 8.27. The van der Waals surface area contributed by atoms with Crippen molar-refractivity contribution in [2.45, 2.75) is 12.7 Å². The van der Waals surface area contributed by atoms with Gasteiger partial charge in [0.1, 0.15) is 5.82 Å². The van der Waals surface area contributed by atoms with E-state index in [1.165, 1.54) is 6.07 Å². The highest BCUT2D eigenvalue weighted by Crippen LogP contribution is 2.31. The van der Waals surface area contributed by atoms with Gasteiger partial charge in [-0.1, -0.05) is 12.1 Å². The van der Waals surface area contributed by atoms with E-state index in [2.05, 4.69) is 15.3 Å². The van der Waals surface area contributed by atoms with Crippen LogP contribution < -0.4 is 5.32 Å². The van der Waals surface area contributed by atoms with Gasteiger partial charge in [-0.15, -0.1) is 0 Å². The van der Waals surface area contributed by atoms with Crippen LogP contribution >= 0.6 is 0 Å². The highest BCUT2D eigenvalue weighted by Gasteiger charge is 2.30. The molecule has 3 aromatic heterocycles. The third kappa shape index (κ3) is 3.76. The Labute approximate surface area is 153 Å². The van der Waals surface area contributed by atoms with Crippen molar-refractivity contribution < 1.29 is 13.2 Å². The lowest BCUT2D eigenvalue weighted by molar-refractivity contribution is -0.137. The number of alkyl halides is 3. The van der Waals surface area contributed by atoms with Crippen molar-refractivity contribution in [3.63, 3.8) is 0 Å². The van der Waals surface area contributed by atoms with Crippen molar-refractivity contribution in [2.75, 3.05) is 5.32 Å². The number of anilines is 2. The van der Waals surface area contributed by atoms with E-state index in [-0.39, 0.29) is 0 Å². The fourth-order valence-electron chi connectivity index (χ4n) is 2.90. The quantitative estimate of drug-likeness (QED) is 0.536. The van der Waals surface area contributed by atoms with Crippen molar-refractivity contribution in [3.05, 3.63) is 84.4 Å². The number of aromatic nitrogens is 3. The molecule has 0 saturated heterocycles. The summed E-state index contributed by atoms with van der Waals surface area (Å²) in [5.74, 6) is 0.480. The molecule has 0 fully saturated rings. The van der Waals surface area contributed by atoms with E-state index < -0.39 is 11.7 Å². The SMILES string of the molecule is FC(F)(F)c1cccc(Nc2cc3c(ccn3Cc3cccnc3)cn2)c1. The zero-order valence-corrected chi connectivity index (χ0v) is 14.1. The van der Waals surface area contributed by atoms with Crippen LogP contribution in [0.5, 0.6) is 0 Å². The molecule has 1 N–H and O–H groups in total. The molecule has 4 nitrogen and oxygen atoms in total. The Morgan fingerprint density at radius 3 is 2.67 bits per heavy atom. The molecule has 4 rings (SSSR count). The highest BCUT2D eigenvalue weighted by molar-refractivity contribution is 5.82. The second-order valence-electron chi connectivity index (χ2n) is 6.14. The van der Waals surface area contributed by atoms with Crippen molar-refractivity contribution in [1.82, 2.24) is 14.5 Å². The van der Waals surface area contributed by atoms with Crippen LogP contribution in [0.1, 0.15) is 11.1 Å². The monoisotopic (exact) mass is 368 g/mol. The Balaban J connectivity index is 1.63. The molecular weight excluding hydrogens is 353 g/mol. The Kier molecular flexibility index (Phi) is 4.27. The largest absolute Gasteiger partial charge is 0.416 e.